The molecule has 1 fully saturated rings. The lowest BCUT2D eigenvalue weighted by molar-refractivity contribution is 0.0595. The Morgan fingerprint density at radius 2 is 1.96 bits per heavy atom. The Kier molecular flexibility index (Phi) is 5.89. The maximum atomic E-state index is 14.1. The topological polar surface area (TPSA) is 89.4 Å². The van der Waals surface area contributed by atoms with Crippen molar-refractivity contribution in [3.8, 4) is 0 Å². The third-order valence-corrected chi connectivity index (χ3v) is 4.89. The minimum absolute atomic E-state index is 0.0264. The summed E-state index contributed by atoms with van der Waals surface area (Å²) in [6.07, 6.45) is 3.34. The summed E-state index contributed by atoms with van der Waals surface area (Å²) in [6.45, 7) is 3.32. The summed E-state index contributed by atoms with van der Waals surface area (Å²) in [6, 6.07) is 5.41. The summed E-state index contributed by atoms with van der Waals surface area (Å²) in [5.74, 6) is -2.24. The van der Waals surface area contributed by atoms with E-state index >= 15 is 0 Å². The number of pyridine rings is 1. The standard InChI is InChI=1S/C20H22FN3O4/c1-12-7-10-24(14-5-8-22-9-6-14)19(26)17(12)18(25)23-13-3-4-15(16(21)11-13)20(27)28-2/h3-4,7,10-11,14,22H,5-6,8-9H2,1-2H3,(H,23,25). The van der Waals surface area contributed by atoms with Gasteiger partial charge >= 0.3 is 5.97 Å². The summed E-state index contributed by atoms with van der Waals surface area (Å²) in [5, 5.41) is 5.78. The van der Waals surface area contributed by atoms with Crippen LogP contribution in [0.2, 0.25) is 0 Å². The second-order valence-corrected chi connectivity index (χ2v) is 6.71. The van der Waals surface area contributed by atoms with Crippen molar-refractivity contribution < 1.29 is 18.7 Å². The van der Waals surface area contributed by atoms with E-state index in [1.165, 1.54) is 12.1 Å². The number of hydrogen-bond donors (Lipinski definition) is 2. The smallest absolute Gasteiger partial charge is 0.340 e. The molecule has 2 heterocycles. The highest BCUT2D eigenvalue weighted by molar-refractivity contribution is 6.05. The molecule has 0 spiro atoms. The molecule has 1 aliphatic heterocycles. The minimum Gasteiger partial charge on any atom is -0.465 e. The zero-order valence-corrected chi connectivity index (χ0v) is 15.8. The number of piperidine rings is 1. The van der Waals surface area contributed by atoms with Gasteiger partial charge in [0, 0.05) is 17.9 Å². The van der Waals surface area contributed by atoms with Crippen molar-refractivity contribution in [2.24, 2.45) is 0 Å². The molecule has 0 unspecified atom stereocenters. The maximum Gasteiger partial charge on any atom is 0.340 e. The number of ether oxygens (including phenoxy) is 1. The number of nitrogens with one attached hydrogen (secondary N) is 2. The van der Waals surface area contributed by atoms with Gasteiger partial charge in [-0.1, -0.05) is 0 Å². The highest BCUT2D eigenvalue weighted by Crippen LogP contribution is 2.19. The number of aryl methyl sites for hydroxylation is 1. The molecule has 8 heteroatoms. The van der Waals surface area contributed by atoms with Gasteiger partial charge in [-0.05, 0) is 62.7 Å². The van der Waals surface area contributed by atoms with Gasteiger partial charge in [-0.3, -0.25) is 9.59 Å². The molecule has 2 aromatic rings. The van der Waals surface area contributed by atoms with Gasteiger partial charge in [0.15, 0.2) is 0 Å². The lowest BCUT2D eigenvalue weighted by Crippen LogP contribution is -2.37. The highest BCUT2D eigenvalue weighted by atomic mass is 19.1. The van der Waals surface area contributed by atoms with Crippen molar-refractivity contribution >= 4 is 17.6 Å². The number of halogens is 1. The third kappa shape index (κ3) is 3.96. The van der Waals surface area contributed by atoms with Gasteiger partial charge in [-0.15, -0.1) is 0 Å². The molecule has 0 atom stereocenters. The maximum absolute atomic E-state index is 14.1. The monoisotopic (exact) mass is 387 g/mol. The van der Waals surface area contributed by atoms with Gasteiger partial charge in [0.2, 0.25) is 0 Å². The molecule has 1 amide bonds. The van der Waals surface area contributed by atoms with Crippen molar-refractivity contribution in [2.75, 3.05) is 25.5 Å². The number of esters is 1. The first-order valence-corrected chi connectivity index (χ1v) is 9.04. The molecule has 0 aliphatic carbocycles. The molecule has 0 radical (unpaired) electrons. The number of hydrogen-bond acceptors (Lipinski definition) is 5. The molecule has 28 heavy (non-hydrogen) atoms. The zero-order chi connectivity index (χ0) is 20.3. The number of aromatic nitrogens is 1. The lowest BCUT2D eigenvalue weighted by Gasteiger charge is -2.25. The van der Waals surface area contributed by atoms with Crippen molar-refractivity contribution in [1.29, 1.82) is 0 Å². The molecular weight excluding hydrogens is 365 g/mol. The van der Waals surface area contributed by atoms with E-state index in [0.717, 1.165) is 39.1 Å². The Hall–Kier alpha value is -3.00. The Balaban J connectivity index is 1.87. The molecular formula is C20H22FN3O4. The third-order valence-electron chi connectivity index (χ3n) is 4.89. The average Bonchev–Trinajstić information content (AvgIpc) is 2.68. The van der Waals surface area contributed by atoms with Gasteiger partial charge in [0.05, 0.1) is 12.7 Å². The van der Waals surface area contributed by atoms with Crippen LogP contribution >= 0.6 is 0 Å². The average molecular weight is 387 g/mol. The number of rotatable bonds is 4. The van der Waals surface area contributed by atoms with E-state index in [1.807, 2.05) is 0 Å². The molecule has 0 saturated carbocycles. The number of amides is 1. The summed E-state index contributed by atoms with van der Waals surface area (Å²) in [5.41, 5.74) is 0.116. The number of nitrogens with zero attached hydrogens (tertiary/aromatic N) is 1. The summed E-state index contributed by atoms with van der Waals surface area (Å²) >= 11 is 0. The van der Waals surface area contributed by atoms with E-state index in [9.17, 15) is 18.8 Å². The van der Waals surface area contributed by atoms with Crippen LogP contribution in [-0.4, -0.2) is 36.6 Å². The summed E-state index contributed by atoms with van der Waals surface area (Å²) < 4.78 is 20.2. The Morgan fingerprint density at radius 3 is 2.61 bits per heavy atom. The predicted molar refractivity (Wildman–Crippen MR) is 102 cm³/mol. The van der Waals surface area contributed by atoms with Crippen molar-refractivity contribution in [2.45, 2.75) is 25.8 Å². The normalized spacial score (nSPS) is 14.5. The first-order chi connectivity index (χ1) is 13.4. The Morgan fingerprint density at radius 1 is 1.25 bits per heavy atom. The quantitative estimate of drug-likeness (QED) is 0.786. The van der Waals surface area contributed by atoms with Gasteiger partial charge in [0.25, 0.3) is 11.5 Å². The molecule has 1 aromatic heterocycles. The van der Waals surface area contributed by atoms with E-state index in [1.54, 1.807) is 23.8 Å². The molecule has 2 N–H and O–H groups in total. The van der Waals surface area contributed by atoms with Crippen LogP contribution in [0.5, 0.6) is 0 Å². The van der Waals surface area contributed by atoms with Crippen LogP contribution in [-0.2, 0) is 4.74 Å². The zero-order valence-electron chi connectivity index (χ0n) is 15.8. The molecule has 3 rings (SSSR count). The van der Waals surface area contributed by atoms with Gasteiger partial charge in [-0.25, -0.2) is 9.18 Å². The fraction of sp³-hybridized carbons (Fsp3) is 0.350. The highest BCUT2D eigenvalue weighted by Gasteiger charge is 2.22. The van der Waals surface area contributed by atoms with Crippen LogP contribution in [0.15, 0.2) is 35.3 Å². The van der Waals surface area contributed by atoms with Crippen molar-refractivity contribution in [3.63, 3.8) is 0 Å². The van der Waals surface area contributed by atoms with E-state index < -0.39 is 17.7 Å². The van der Waals surface area contributed by atoms with Crippen molar-refractivity contribution in [1.82, 2.24) is 9.88 Å². The van der Waals surface area contributed by atoms with Gasteiger partial charge in [-0.2, -0.15) is 0 Å². The minimum atomic E-state index is -0.818. The molecule has 0 bridgehead atoms. The number of methoxy groups -OCH3 is 1. The molecule has 1 saturated heterocycles. The van der Waals surface area contributed by atoms with Crippen LogP contribution < -0.4 is 16.2 Å². The largest absolute Gasteiger partial charge is 0.465 e. The van der Waals surface area contributed by atoms with E-state index in [-0.39, 0.29) is 28.4 Å². The predicted octanol–water partition coefficient (Wildman–Crippen LogP) is 2.26. The van der Waals surface area contributed by atoms with Crippen LogP contribution in [0, 0.1) is 12.7 Å². The second kappa shape index (κ2) is 8.35. The number of benzene rings is 1. The van der Waals surface area contributed by atoms with Gasteiger partial charge < -0.3 is 19.9 Å². The summed E-state index contributed by atoms with van der Waals surface area (Å²) in [7, 11) is 1.16. The van der Waals surface area contributed by atoms with Crippen LogP contribution in [0.1, 0.15) is 45.2 Å². The molecule has 1 aliphatic rings. The summed E-state index contributed by atoms with van der Waals surface area (Å²) in [4.78, 5) is 37.1. The molecule has 1 aromatic carbocycles. The van der Waals surface area contributed by atoms with Crippen LogP contribution in [0.4, 0.5) is 10.1 Å². The molecule has 148 valence electrons. The number of anilines is 1. The Bertz CT molecular complexity index is 964. The second-order valence-electron chi connectivity index (χ2n) is 6.71. The van der Waals surface area contributed by atoms with Gasteiger partial charge in [0.1, 0.15) is 11.4 Å². The van der Waals surface area contributed by atoms with Crippen LogP contribution in [0.3, 0.4) is 0 Å². The van der Waals surface area contributed by atoms with Crippen LogP contribution in [0.25, 0.3) is 0 Å². The molecule has 7 nitrogen and oxygen atoms in total. The first-order valence-electron chi connectivity index (χ1n) is 9.04. The van der Waals surface area contributed by atoms with E-state index in [2.05, 4.69) is 15.4 Å². The lowest BCUT2D eigenvalue weighted by atomic mass is 10.0. The fourth-order valence-electron chi connectivity index (χ4n) is 3.35. The van der Waals surface area contributed by atoms with E-state index in [4.69, 9.17) is 0 Å². The fourth-order valence-corrected chi connectivity index (χ4v) is 3.35. The SMILES string of the molecule is COC(=O)c1ccc(NC(=O)c2c(C)ccn(C3CCNCC3)c2=O)cc1F. The number of carbonyl (C=O) groups is 2. The Labute approximate surface area is 161 Å². The van der Waals surface area contributed by atoms with Crippen molar-refractivity contribution in [3.05, 3.63) is 63.3 Å². The van der Waals surface area contributed by atoms with E-state index in [0.29, 0.717) is 5.56 Å². The number of carbonyl (C=O) groups excluding carboxylic acids is 2. The first kappa shape index (κ1) is 19.8.